The maximum Gasteiger partial charge on any atom is 0.318 e. The van der Waals surface area contributed by atoms with Gasteiger partial charge in [0.15, 0.2) is 0 Å². The second kappa shape index (κ2) is 6.26. The highest BCUT2D eigenvalue weighted by molar-refractivity contribution is 5.75. The van der Waals surface area contributed by atoms with Crippen molar-refractivity contribution in [2.24, 2.45) is 0 Å². The van der Waals surface area contributed by atoms with Crippen LogP contribution in [0.4, 0.5) is 6.01 Å². The predicted molar refractivity (Wildman–Crippen MR) is 93.3 cm³/mol. The van der Waals surface area contributed by atoms with Gasteiger partial charge in [-0.3, -0.25) is 0 Å². The van der Waals surface area contributed by atoms with Crippen LogP contribution >= 0.6 is 0 Å². The van der Waals surface area contributed by atoms with Crippen LogP contribution in [-0.2, 0) is 6.42 Å². The first-order valence-corrected chi connectivity index (χ1v) is 8.76. The molecule has 4 rings (SSSR count). The van der Waals surface area contributed by atoms with E-state index in [0.717, 1.165) is 61.5 Å². The number of hydrogen-bond acceptors (Lipinski definition) is 5. The first kappa shape index (κ1) is 15.2. The molecule has 0 bridgehead atoms. The maximum atomic E-state index is 5.75. The Kier molecular flexibility index (Phi) is 3.96. The van der Waals surface area contributed by atoms with E-state index >= 15 is 0 Å². The number of fused-ring (bicyclic) bond motifs is 1. The topological polar surface area (TPSA) is 70.8 Å². The third kappa shape index (κ3) is 2.88. The molecular weight excluding hydrogens is 302 g/mol. The van der Waals surface area contributed by atoms with E-state index in [-0.39, 0.29) is 0 Å². The lowest BCUT2D eigenvalue weighted by Crippen LogP contribution is -2.33. The molecular formula is C18H23N5O. The van der Waals surface area contributed by atoms with Gasteiger partial charge in [0, 0.05) is 25.4 Å². The lowest BCUT2D eigenvalue weighted by atomic mass is 9.96. The molecule has 6 heteroatoms. The fourth-order valence-corrected chi connectivity index (χ4v) is 3.37. The van der Waals surface area contributed by atoms with Crippen LogP contribution in [0.25, 0.3) is 11.0 Å². The van der Waals surface area contributed by atoms with E-state index in [1.54, 1.807) is 0 Å². The first-order valence-electron chi connectivity index (χ1n) is 8.76. The molecule has 1 N–H and O–H groups in total. The number of H-pyrrole nitrogens is 1. The minimum absolute atomic E-state index is 0.465. The molecule has 0 aliphatic carbocycles. The number of nitrogens with one attached hydrogen (secondary N) is 1. The van der Waals surface area contributed by atoms with Crippen LogP contribution in [0.5, 0.6) is 0 Å². The Morgan fingerprint density at radius 1 is 1.25 bits per heavy atom. The third-order valence-electron chi connectivity index (χ3n) is 4.73. The lowest BCUT2D eigenvalue weighted by Gasteiger charge is -2.29. The van der Waals surface area contributed by atoms with E-state index in [2.05, 4.69) is 52.1 Å². The van der Waals surface area contributed by atoms with Crippen molar-refractivity contribution in [3.05, 3.63) is 35.5 Å². The maximum absolute atomic E-state index is 5.75. The number of hydrogen-bond donors (Lipinski definition) is 1. The lowest BCUT2D eigenvalue weighted by molar-refractivity contribution is 0.434. The molecule has 1 fully saturated rings. The highest BCUT2D eigenvalue weighted by Gasteiger charge is 2.25. The summed E-state index contributed by atoms with van der Waals surface area (Å²) in [5.74, 6) is 2.31. The van der Waals surface area contributed by atoms with E-state index in [1.165, 1.54) is 5.56 Å². The van der Waals surface area contributed by atoms with Crippen molar-refractivity contribution in [1.82, 2.24) is 20.2 Å². The number of piperidine rings is 1. The molecule has 0 radical (unpaired) electrons. The van der Waals surface area contributed by atoms with Crippen LogP contribution in [0.15, 0.2) is 22.6 Å². The molecule has 1 aliphatic heterocycles. The van der Waals surface area contributed by atoms with Gasteiger partial charge in [0.25, 0.3) is 0 Å². The van der Waals surface area contributed by atoms with Crippen molar-refractivity contribution >= 4 is 17.0 Å². The number of aryl methyl sites for hydroxylation is 2. The van der Waals surface area contributed by atoms with Crippen LogP contribution in [0.3, 0.4) is 0 Å². The molecule has 24 heavy (non-hydrogen) atoms. The number of nitrogens with zero attached hydrogens (tertiary/aromatic N) is 4. The summed E-state index contributed by atoms with van der Waals surface area (Å²) >= 11 is 0. The smallest absolute Gasteiger partial charge is 0.318 e. The van der Waals surface area contributed by atoms with Crippen molar-refractivity contribution in [2.75, 3.05) is 18.0 Å². The Morgan fingerprint density at radius 2 is 2.08 bits per heavy atom. The average molecular weight is 325 g/mol. The quantitative estimate of drug-likeness (QED) is 0.793. The van der Waals surface area contributed by atoms with E-state index < -0.39 is 0 Å². The Bertz CT molecular complexity index is 829. The summed E-state index contributed by atoms with van der Waals surface area (Å²) in [6, 6.07) is 7.03. The van der Waals surface area contributed by atoms with E-state index in [9.17, 15) is 0 Å². The highest BCUT2D eigenvalue weighted by Crippen LogP contribution is 2.30. The van der Waals surface area contributed by atoms with Gasteiger partial charge in [0.2, 0.25) is 5.89 Å². The number of anilines is 1. The zero-order valence-electron chi connectivity index (χ0n) is 14.2. The van der Waals surface area contributed by atoms with E-state index in [1.807, 2.05) is 0 Å². The highest BCUT2D eigenvalue weighted by atomic mass is 16.4. The van der Waals surface area contributed by atoms with Crippen molar-refractivity contribution in [1.29, 1.82) is 0 Å². The minimum Gasteiger partial charge on any atom is -0.408 e. The van der Waals surface area contributed by atoms with Crippen molar-refractivity contribution in [3.63, 3.8) is 0 Å². The molecule has 3 heterocycles. The van der Waals surface area contributed by atoms with Gasteiger partial charge in [-0.15, -0.1) is 5.10 Å². The average Bonchev–Trinajstić information content (AvgIpc) is 3.22. The van der Waals surface area contributed by atoms with Gasteiger partial charge in [0.1, 0.15) is 5.82 Å². The molecule has 0 saturated carbocycles. The molecule has 6 nitrogen and oxygen atoms in total. The van der Waals surface area contributed by atoms with E-state index in [0.29, 0.717) is 11.9 Å². The van der Waals surface area contributed by atoms with Gasteiger partial charge in [-0.2, -0.15) is 0 Å². The Hall–Kier alpha value is -2.37. The summed E-state index contributed by atoms with van der Waals surface area (Å²) in [6.45, 7) is 6.07. The van der Waals surface area contributed by atoms with Gasteiger partial charge >= 0.3 is 6.01 Å². The standard InChI is InChI=1S/C18H23N5O/c1-3-4-16-21-22-18(24-16)23-9-7-13(8-10-23)17-19-14-6-5-12(2)11-15(14)20-17/h5-6,11,13H,3-4,7-10H2,1-2H3,(H,19,20). The largest absolute Gasteiger partial charge is 0.408 e. The Labute approximate surface area is 141 Å². The molecule has 0 amide bonds. The summed E-state index contributed by atoms with van der Waals surface area (Å²) in [5.41, 5.74) is 3.44. The fraction of sp³-hybridized carbons (Fsp3) is 0.500. The van der Waals surface area contributed by atoms with Crippen LogP contribution in [0.2, 0.25) is 0 Å². The van der Waals surface area contributed by atoms with Gasteiger partial charge in [-0.05, 0) is 43.9 Å². The number of aromatic nitrogens is 4. The van der Waals surface area contributed by atoms with Crippen LogP contribution in [0.1, 0.15) is 49.4 Å². The summed E-state index contributed by atoms with van der Waals surface area (Å²) in [6.07, 6.45) is 3.96. The molecule has 1 aromatic carbocycles. The van der Waals surface area contributed by atoms with Crippen LogP contribution in [0, 0.1) is 6.92 Å². The zero-order chi connectivity index (χ0) is 16.5. The zero-order valence-corrected chi connectivity index (χ0v) is 14.2. The fourth-order valence-electron chi connectivity index (χ4n) is 3.37. The normalized spacial score (nSPS) is 16.2. The number of imidazole rings is 1. The van der Waals surface area contributed by atoms with Gasteiger partial charge in [-0.1, -0.05) is 18.1 Å². The first-order chi connectivity index (χ1) is 11.7. The molecule has 126 valence electrons. The SMILES string of the molecule is CCCc1nnc(N2CCC(c3nc4ccc(C)cc4[nH]3)CC2)o1. The molecule has 0 unspecified atom stereocenters. The Morgan fingerprint density at radius 3 is 2.88 bits per heavy atom. The van der Waals surface area contributed by atoms with Crippen molar-refractivity contribution < 1.29 is 4.42 Å². The van der Waals surface area contributed by atoms with Crippen LogP contribution in [-0.4, -0.2) is 33.3 Å². The molecule has 1 saturated heterocycles. The monoisotopic (exact) mass is 325 g/mol. The van der Waals surface area contributed by atoms with Crippen LogP contribution < -0.4 is 4.90 Å². The summed E-state index contributed by atoms with van der Waals surface area (Å²) in [5, 5.41) is 8.31. The summed E-state index contributed by atoms with van der Waals surface area (Å²) in [4.78, 5) is 10.5. The number of rotatable bonds is 4. The number of aromatic amines is 1. The predicted octanol–water partition coefficient (Wildman–Crippen LogP) is 3.59. The van der Waals surface area contributed by atoms with Gasteiger partial charge in [-0.25, -0.2) is 4.98 Å². The second-order valence-electron chi connectivity index (χ2n) is 6.63. The van der Waals surface area contributed by atoms with Gasteiger partial charge in [0.05, 0.1) is 11.0 Å². The number of benzene rings is 1. The molecule has 2 aromatic heterocycles. The van der Waals surface area contributed by atoms with E-state index in [4.69, 9.17) is 9.40 Å². The molecule has 3 aromatic rings. The van der Waals surface area contributed by atoms with Crippen molar-refractivity contribution in [3.8, 4) is 0 Å². The molecule has 1 aliphatic rings. The third-order valence-corrected chi connectivity index (χ3v) is 4.73. The molecule has 0 spiro atoms. The second-order valence-corrected chi connectivity index (χ2v) is 6.63. The van der Waals surface area contributed by atoms with Gasteiger partial charge < -0.3 is 14.3 Å². The molecule has 0 atom stereocenters. The van der Waals surface area contributed by atoms with Crippen molar-refractivity contribution in [2.45, 2.75) is 45.4 Å². The Balaban J connectivity index is 1.44. The minimum atomic E-state index is 0.465. The summed E-state index contributed by atoms with van der Waals surface area (Å²) < 4.78 is 5.75. The summed E-state index contributed by atoms with van der Waals surface area (Å²) in [7, 11) is 0.